The Bertz CT molecular complexity index is 477. The SMILES string of the molecule is CN(C(=O)CCc1ccc(C(C)(C)C)cc1)C1CCCCC1. The molecule has 0 heterocycles. The van der Waals surface area contributed by atoms with Crippen molar-refractivity contribution in [2.45, 2.75) is 77.2 Å². The summed E-state index contributed by atoms with van der Waals surface area (Å²) < 4.78 is 0. The van der Waals surface area contributed by atoms with Crippen LogP contribution in [0.2, 0.25) is 0 Å². The Labute approximate surface area is 135 Å². The average Bonchev–Trinajstić information content (AvgIpc) is 2.52. The van der Waals surface area contributed by atoms with Crippen molar-refractivity contribution in [3.63, 3.8) is 0 Å². The molecule has 0 unspecified atom stereocenters. The number of benzene rings is 1. The molecule has 22 heavy (non-hydrogen) atoms. The van der Waals surface area contributed by atoms with Crippen molar-refractivity contribution in [2.24, 2.45) is 0 Å². The number of nitrogens with zero attached hydrogens (tertiary/aromatic N) is 1. The molecule has 1 aliphatic carbocycles. The van der Waals surface area contributed by atoms with Gasteiger partial charge in [0.25, 0.3) is 0 Å². The molecule has 0 bridgehead atoms. The molecule has 1 saturated carbocycles. The molecule has 0 spiro atoms. The summed E-state index contributed by atoms with van der Waals surface area (Å²) in [5.74, 6) is 0.298. The molecular weight excluding hydrogens is 270 g/mol. The lowest BCUT2D eigenvalue weighted by Gasteiger charge is -2.31. The Kier molecular flexibility index (Phi) is 5.66. The highest BCUT2D eigenvalue weighted by atomic mass is 16.2. The Morgan fingerprint density at radius 2 is 1.68 bits per heavy atom. The van der Waals surface area contributed by atoms with Gasteiger partial charge in [0.05, 0.1) is 0 Å². The molecule has 1 fully saturated rings. The topological polar surface area (TPSA) is 20.3 Å². The Morgan fingerprint density at radius 3 is 2.23 bits per heavy atom. The molecule has 0 N–H and O–H groups in total. The second kappa shape index (κ2) is 7.30. The van der Waals surface area contributed by atoms with E-state index in [1.165, 1.54) is 43.2 Å². The third kappa shape index (κ3) is 4.59. The van der Waals surface area contributed by atoms with Gasteiger partial charge >= 0.3 is 0 Å². The first kappa shape index (κ1) is 17.1. The second-order valence-electron chi connectivity index (χ2n) is 7.74. The predicted octanol–water partition coefficient (Wildman–Crippen LogP) is 4.71. The molecule has 1 aromatic rings. The van der Waals surface area contributed by atoms with Gasteiger partial charge in [0.1, 0.15) is 0 Å². The number of rotatable bonds is 4. The first-order valence-corrected chi connectivity index (χ1v) is 8.73. The number of carbonyl (C=O) groups is 1. The van der Waals surface area contributed by atoms with Crippen molar-refractivity contribution in [1.82, 2.24) is 4.90 Å². The predicted molar refractivity (Wildman–Crippen MR) is 93.1 cm³/mol. The van der Waals surface area contributed by atoms with E-state index in [9.17, 15) is 4.79 Å². The zero-order chi connectivity index (χ0) is 16.2. The molecule has 0 saturated heterocycles. The molecule has 1 amide bonds. The summed E-state index contributed by atoms with van der Waals surface area (Å²) in [6, 6.07) is 9.22. The molecule has 1 aliphatic rings. The van der Waals surface area contributed by atoms with E-state index in [1.807, 2.05) is 11.9 Å². The Balaban J connectivity index is 1.85. The normalized spacial score (nSPS) is 16.5. The van der Waals surface area contributed by atoms with E-state index in [2.05, 4.69) is 45.0 Å². The van der Waals surface area contributed by atoms with E-state index in [0.717, 1.165) is 6.42 Å². The van der Waals surface area contributed by atoms with E-state index in [1.54, 1.807) is 0 Å². The van der Waals surface area contributed by atoms with E-state index in [-0.39, 0.29) is 5.41 Å². The number of aryl methyl sites for hydroxylation is 1. The molecule has 1 aromatic carbocycles. The summed E-state index contributed by atoms with van der Waals surface area (Å²) in [6.45, 7) is 6.68. The molecule has 2 nitrogen and oxygen atoms in total. The minimum absolute atomic E-state index is 0.190. The lowest BCUT2D eigenvalue weighted by Crippen LogP contribution is -2.38. The highest BCUT2D eigenvalue weighted by Gasteiger charge is 2.21. The molecule has 2 rings (SSSR count). The van der Waals surface area contributed by atoms with Gasteiger partial charge in [0.15, 0.2) is 0 Å². The third-order valence-corrected chi connectivity index (χ3v) is 4.96. The van der Waals surface area contributed by atoms with Gasteiger partial charge in [-0.15, -0.1) is 0 Å². The quantitative estimate of drug-likeness (QED) is 0.789. The van der Waals surface area contributed by atoms with Gasteiger partial charge in [-0.3, -0.25) is 4.79 Å². The maximum Gasteiger partial charge on any atom is 0.222 e. The fourth-order valence-electron chi connectivity index (χ4n) is 3.27. The van der Waals surface area contributed by atoms with Crippen LogP contribution in [-0.2, 0) is 16.6 Å². The lowest BCUT2D eigenvalue weighted by molar-refractivity contribution is -0.132. The van der Waals surface area contributed by atoms with Crippen molar-refractivity contribution in [3.05, 3.63) is 35.4 Å². The van der Waals surface area contributed by atoms with Crippen LogP contribution in [0.4, 0.5) is 0 Å². The van der Waals surface area contributed by atoms with Crippen LogP contribution < -0.4 is 0 Å². The van der Waals surface area contributed by atoms with Crippen LogP contribution in [0, 0.1) is 0 Å². The monoisotopic (exact) mass is 301 g/mol. The second-order valence-corrected chi connectivity index (χ2v) is 7.74. The van der Waals surface area contributed by atoms with Crippen LogP contribution in [0.25, 0.3) is 0 Å². The van der Waals surface area contributed by atoms with Crippen molar-refractivity contribution >= 4 is 5.91 Å². The maximum atomic E-state index is 12.4. The Morgan fingerprint density at radius 1 is 1.09 bits per heavy atom. The van der Waals surface area contributed by atoms with Crippen LogP contribution in [0.1, 0.15) is 70.4 Å². The summed E-state index contributed by atoms with van der Waals surface area (Å²) >= 11 is 0. The summed E-state index contributed by atoms with van der Waals surface area (Å²) in [5.41, 5.74) is 2.80. The smallest absolute Gasteiger partial charge is 0.222 e. The minimum atomic E-state index is 0.190. The summed E-state index contributed by atoms with van der Waals surface area (Å²) in [7, 11) is 1.99. The van der Waals surface area contributed by atoms with Crippen molar-refractivity contribution in [2.75, 3.05) is 7.05 Å². The fourth-order valence-corrected chi connectivity index (χ4v) is 3.27. The van der Waals surface area contributed by atoms with Crippen LogP contribution in [-0.4, -0.2) is 23.9 Å². The van der Waals surface area contributed by atoms with Gasteiger partial charge < -0.3 is 4.90 Å². The summed E-state index contributed by atoms with van der Waals surface area (Å²) in [4.78, 5) is 14.4. The van der Waals surface area contributed by atoms with E-state index < -0.39 is 0 Å². The highest BCUT2D eigenvalue weighted by molar-refractivity contribution is 5.76. The number of amides is 1. The van der Waals surface area contributed by atoms with Crippen molar-refractivity contribution in [1.29, 1.82) is 0 Å². The largest absolute Gasteiger partial charge is 0.343 e. The van der Waals surface area contributed by atoms with Crippen molar-refractivity contribution < 1.29 is 4.79 Å². The summed E-state index contributed by atoms with van der Waals surface area (Å²) in [5, 5.41) is 0. The first-order chi connectivity index (χ1) is 10.4. The van der Waals surface area contributed by atoms with Gasteiger partial charge in [0.2, 0.25) is 5.91 Å². The van der Waals surface area contributed by atoms with Crippen LogP contribution in [0.5, 0.6) is 0 Å². The maximum absolute atomic E-state index is 12.4. The van der Waals surface area contributed by atoms with Crippen LogP contribution in [0.3, 0.4) is 0 Å². The lowest BCUT2D eigenvalue weighted by atomic mass is 9.86. The van der Waals surface area contributed by atoms with E-state index in [0.29, 0.717) is 18.4 Å². The van der Waals surface area contributed by atoms with Gasteiger partial charge in [-0.05, 0) is 35.8 Å². The third-order valence-electron chi connectivity index (χ3n) is 4.96. The first-order valence-electron chi connectivity index (χ1n) is 8.73. The zero-order valence-electron chi connectivity index (χ0n) is 14.7. The van der Waals surface area contributed by atoms with Crippen LogP contribution in [0.15, 0.2) is 24.3 Å². The highest BCUT2D eigenvalue weighted by Crippen LogP contribution is 2.24. The van der Waals surface area contributed by atoms with Gasteiger partial charge in [0, 0.05) is 19.5 Å². The standard InChI is InChI=1S/C20H31NO/c1-20(2,3)17-13-10-16(11-14-17)12-15-19(22)21(4)18-8-6-5-7-9-18/h10-11,13-14,18H,5-9,12,15H2,1-4H3. The molecule has 122 valence electrons. The van der Waals surface area contributed by atoms with E-state index in [4.69, 9.17) is 0 Å². The zero-order valence-corrected chi connectivity index (χ0v) is 14.7. The number of carbonyl (C=O) groups excluding carboxylic acids is 1. The number of hydrogen-bond acceptors (Lipinski definition) is 1. The minimum Gasteiger partial charge on any atom is -0.343 e. The van der Waals surface area contributed by atoms with E-state index >= 15 is 0 Å². The number of hydrogen-bond donors (Lipinski definition) is 0. The van der Waals surface area contributed by atoms with Crippen molar-refractivity contribution in [3.8, 4) is 0 Å². The van der Waals surface area contributed by atoms with Crippen LogP contribution >= 0.6 is 0 Å². The molecule has 0 aromatic heterocycles. The molecule has 0 radical (unpaired) electrons. The molecule has 0 atom stereocenters. The molecule has 0 aliphatic heterocycles. The Hall–Kier alpha value is -1.31. The fraction of sp³-hybridized carbons (Fsp3) is 0.650. The van der Waals surface area contributed by atoms with Gasteiger partial charge in [-0.25, -0.2) is 0 Å². The van der Waals surface area contributed by atoms with Gasteiger partial charge in [-0.1, -0.05) is 64.3 Å². The van der Waals surface area contributed by atoms with Gasteiger partial charge in [-0.2, -0.15) is 0 Å². The molecular formula is C20H31NO. The molecule has 2 heteroatoms. The average molecular weight is 301 g/mol. The summed E-state index contributed by atoms with van der Waals surface area (Å²) in [6.07, 6.45) is 7.72.